The van der Waals surface area contributed by atoms with E-state index in [0.717, 1.165) is 35.2 Å². The molecule has 0 bridgehead atoms. The van der Waals surface area contributed by atoms with Gasteiger partial charge in [-0.3, -0.25) is 9.59 Å². The molecule has 4 rings (SSSR count). The number of rotatable bonds is 8. The summed E-state index contributed by atoms with van der Waals surface area (Å²) in [5, 5.41) is 3.03. The fourth-order valence-corrected chi connectivity index (χ4v) is 3.52. The largest absolute Gasteiger partial charge is 0.353 e. The molecule has 3 aromatic rings. The molecule has 0 heterocycles. The second-order valence-electron chi connectivity index (χ2n) is 8.34. The van der Waals surface area contributed by atoms with Crippen LogP contribution in [0.5, 0.6) is 0 Å². The van der Waals surface area contributed by atoms with Crippen molar-refractivity contribution in [1.29, 1.82) is 0 Å². The lowest BCUT2D eigenvalue weighted by Gasteiger charge is -2.22. The number of nitrogens with zero attached hydrogens (tertiary/aromatic N) is 1. The molecule has 1 aliphatic rings. The van der Waals surface area contributed by atoms with E-state index in [1.54, 1.807) is 11.0 Å². The molecule has 0 radical (unpaired) electrons. The number of carbonyl (C=O) groups is 2. The fraction of sp³-hybridized carbons (Fsp3) is 0.214. The number of anilines is 1. The van der Waals surface area contributed by atoms with Crippen LogP contribution in [-0.2, 0) is 22.6 Å². The van der Waals surface area contributed by atoms with Crippen LogP contribution >= 0.6 is 0 Å². The van der Waals surface area contributed by atoms with Crippen LogP contribution in [0.15, 0.2) is 84.9 Å². The topological polar surface area (TPSA) is 49.4 Å². The highest BCUT2D eigenvalue weighted by molar-refractivity contribution is 6.03. The van der Waals surface area contributed by atoms with Crippen molar-refractivity contribution < 1.29 is 9.59 Å². The van der Waals surface area contributed by atoms with Crippen LogP contribution in [0.3, 0.4) is 0 Å². The Morgan fingerprint density at radius 3 is 2.41 bits per heavy atom. The monoisotopic (exact) mass is 424 g/mol. The summed E-state index contributed by atoms with van der Waals surface area (Å²) >= 11 is 0. The van der Waals surface area contributed by atoms with E-state index >= 15 is 0 Å². The Kier molecular flexibility index (Phi) is 6.81. The zero-order chi connectivity index (χ0) is 22.3. The lowest BCUT2D eigenvalue weighted by atomic mass is 10.1. The summed E-state index contributed by atoms with van der Waals surface area (Å²) in [5.74, 6) is -0.0703. The van der Waals surface area contributed by atoms with Crippen LogP contribution in [0.1, 0.15) is 35.1 Å². The molecule has 1 aliphatic carbocycles. The van der Waals surface area contributed by atoms with Crippen molar-refractivity contribution in [2.45, 2.75) is 38.8 Å². The van der Waals surface area contributed by atoms with Crippen molar-refractivity contribution in [3.8, 4) is 0 Å². The number of aryl methyl sites for hydroxylation is 1. The first-order chi connectivity index (χ1) is 15.6. The van der Waals surface area contributed by atoms with Gasteiger partial charge in [-0.05, 0) is 54.7 Å². The quantitative estimate of drug-likeness (QED) is 0.514. The fourth-order valence-electron chi connectivity index (χ4n) is 3.52. The highest BCUT2D eigenvalue weighted by Crippen LogP contribution is 2.22. The normalized spacial score (nSPS) is 13.2. The van der Waals surface area contributed by atoms with Gasteiger partial charge in [-0.25, -0.2) is 0 Å². The Bertz CT molecular complexity index is 1100. The summed E-state index contributed by atoms with van der Waals surface area (Å²) < 4.78 is 0. The van der Waals surface area contributed by atoms with E-state index in [1.807, 2.05) is 79.7 Å². The summed E-state index contributed by atoms with van der Waals surface area (Å²) in [6, 6.07) is 26.0. The van der Waals surface area contributed by atoms with Gasteiger partial charge < -0.3 is 10.2 Å². The van der Waals surface area contributed by atoms with Gasteiger partial charge in [0.1, 0.15) is 0 Å². The Labute approximate surface area is 189 Å². The predicted octanol–water partition coefficient (Wildman–Crippen LogP) is 5.06. The number of nitrogens with one attached hydrogen (secondary N) is 1. The van der Waals surface area contributed by atoms with Gasteiger partial charge in [-0.15, -0.1) is 0 Å². The molecule has 3 aromatic carbocycles. The maximum Gasteiger partial charge on any atom is 0.251 e. The van der Waals surface area contributed by atoms with E-state index in [0.29, 0.717) is 19.0 Å². The van der Waals surface area contributed by atoms with Gasteiger partial charge in [0.2, 0.25) is 5.91 Å². The molecule has 0 unspecified atom stereocenters. The summed E-state index contributed by atoms with van der Waals surface area (Å²) in [4.78, 5) is 27.2. The van der Waals surface area contributed by atoms with Crippen molar-refractivity contribution in [3.63, 3.8) is 0 Å². The van der Waals surface area contributed by atoms with Crippen molar-refractivity contribution in [3.05, 3.63) is 107 Å². The van der Waals surface area contributed by atoms with Crippen LogP contribution in [0.4, 0.5) is 5.69 Å². The molecule has 0 aliphatic heterocycles. The lowest BCUT2D eigenvalue weighted by Crippen LogP contribution is -2.29. The minimum absolute atomic E-state index is 0.0324. The van der Waals surface area contributed by atoms with Crippen molar-refractivity contribution >= 4 is 23.6 Å². The molecule has 0 atom stereocenters. The SMILES string of the molecule is Cc1ccc(CN(C(=O)/C=C/c2ccccc2)c2cccc(CC(=O)NC3CC3)c2)cc1. The number of carbonyl (C=O) groups excluding carboxylic acids is 2. The summed E-state index contributed by atoms with van der Waals surface area (Å²) in [6.45, 7) is 2.50. The molecule has 4 heteroatoms. The molecule has 1 fully saturated rings. The van der Waals surface area contributed by atoms with Crippen molar-refractivity contribution in [2.75, 3.05) is 4.90 Å². The maximum atomic E-state index is 13.2. The van der Waals surface area contributed by atoms with E-state index in [9.17, 15) is 9.59 Å². The molecule has 0 saturated heterocycles. The van der Waals surface area contributed by atoms with Crippen molar-refractivity contribution in [1.82, 2.24) is 5.32 Å². The molecular formula is C28H28N2O2. The predicted molar refractivity (Wildman–Crippen MR) is 129 cm³/mol. The van der Waals surface area contributed by atoms with Crippen LogP contribution in [0.25, 0.3) is 6.08 Å². The van der Waals surface area contributed by atoms with Gasteiger partial charge >= 0.3 is 0 Å². The van der Waals surface area contributed by atoms with E-state index in [1.165, 1.54) is 5.56 Å². The van der Waals surface area contributed by atoms with Gasteiger partial charge in [0.05, 0.1) is 13.0 Å². The van der Waals surface area contributed by atoms with Crippen LogP contribution in [0.2, 0.25) is 0 Å². The molecule has 0 aromatic heterocycles. The highest BCUT2D eigenvalue weighted by Gasteiger charge is 2.23. The number of hydrogen-bond acceptors (Lipinski definition) is 2. The average molecular weight is 425 g/mol. The Balaban J connectivity index is 1.56. The second kappa shape index (κ2) is 10.1. The van der Waals surface area contributed by atoms with Gasteiger partial charge in [0, 0.05) is 17.8 Å². The smallest absolute Gasteiger partial charge is 0.251 e. The Hall–Kier alpha value is -3.66. The number of amides is 2. The summed E-state index contributed by atoms with van der Waals surface area (Å²) in [5.41, 5.74) is 4.88. The molecule has 0 spiro atoms. The second-order valence-corrected chi connectivity index (χ2v) is 8.34. The Morgan fingerprint density at radius 2 is 1.69 bits per heavy atom. The first-order valence-electron chi connectivity index (χ1n) is 11.1. The molecule has 4 nitrogen and oxygen atoms in total. The third kappa shape index (κ3) is 6.17. The van der Waals surface area contributed by atoms with Crippen LogP contribution < -0.4 is 10.2 Å². The summed E-state index contributed by atoms with van der Waals surface area (Å²) in [7, 11) is 0. The Morgan fingerprint density at radius 1 is 0.938 bits per heavy atom. The summed E-state index contributed by atoms with van der Waals surface area (Å²) in [6.07, 6.45) is 5.89. The first kappa shape index (κ1) is 21.6. The molecule has 162 valence electrons. The third-order valence-corrected chi connectivity index (χ3v) is 5.47. The highest BCUT2D eigenvalue weighted by atomic mass is 16.2. The first-order valence-corrected chi connectivity index (χ1v) is 11.1. The van der Waals surface area contributed by atoms with Gasteiger partial charge in [0.25, 0.3) is 5.91 Å². The average Bonchev–Trinajstić information content (AvgIpc) is 3.62. The van der Waals surface area contributed by atoms with Crippen LogP contribution in [0, 0.1) is 6.92 Å². The van der Waals surface area contributed by atoms with Crippen LogP contribution in [-0.4, -0.2) is 17.9 Å². The van der Waals surface area contributed by atoms with Crippen molar-refractivity contribution in [2.24, 2.45) is 0 Å². The van der Waals surface area contributed by atoms with E-state index in [4.69, 9.17) is 0 Å². The van der Waals surface area contributed by atoms with E-state index in [2.05, 4.69) is 17.4 Å². The minimum atomic E-state index is -0.103. The van der Waals surface area contributed by atoms with E-state index in [-0.39, 0.29) is 11.8 Å². The minimum Gasteiger partial charge on any atom is -0.353 e. The lowest BCUT2D eigenvalue weighted by molar-refractivity contribution is -0.120. The molecule has 2 amide bonds. The van der Waals surface area contributed by atoms with Gasteiger partial charge in [0.15, 0.2) is 0 Å². The zero-order valence-corrected chi connectivity index (χ0v) is 18.3. The number of hydrogen-bond donors (Lipinski definition) is 1. The third-order valence-electron chi connectivity index (χ3n) is 5.47. The zero-order valence-electron chi connectivity index (χ0n) is 18.3. The molecule has 1 N–H and O–H groups in total. The maximum absolute atomic E-state index is 13.2. The molecular weight excluding hydrogens is 396 g/mol. The van der Waals surface area contributed by atoms with E-state index < -0.39 is 0 Å². The molecule has 32 heavy (non-hydrogen) atoms. The van der Waals surface area contributed by atoms with Gasteiger partial charge in [-0.2, -0.15) is 0 Å². The molecule has 1 saturated carbocycles. The number of benzene rings is 3. The standard InChI is InChI=1S/C28H28N2O2/c1-21-10-12-23(13-11-21)20-30(28(32)17-14-22-6-3-2-4-7-22)26-9-5-8-24(18-26)19-27(31)29-25-15-16-25/h2-14,17-18,25H,15-16,19-20H2,1H3,(H,29,31)/b17-14+. The van der Waals surface area contributed by atoms with Gasteiger partial charge in [-0.1, -0.05) is 72.3 Å².